The number of aliphatic carboxylic acids is 1. The van der Waals surface area contributed by atoms with Crippen molar-refractivity contribution in [3.05, 3.63) is 27.9 Å². The lowest BCUT2D eigenvalue weighted by Gasteiger charge is -2.10. The van der Waals surface area contributed by atoms with Crippen molar-refractivity contribution in [3.8, 4) is 0 Å². The minimum Gasteiger partial charge on any atom is -0.480 e. The maximum absolute atomic E-state index is 11.6. The van der Waals surface area contributed by atoms with Crippen LogP contribution in [0.3, 0.4) is 0 Å². The molecule has 1 heterocycles. The molecule has 1 aromatic heterocycles. The second-order valence-corrected chi connectivity index (χ2v) is 3.55. The van der Waals surface area contributed by atoms with E-state index in [1.807, 2.05) is 5.32 Å². The molecule has 1 rings (SSSR count). The molecule has 0 aliphatic rings. The molecule has 0 fully saturated rings. The number of nitro groups is 1. The lowest BCUT2D eigenvalue weighted by Crippen LogP contribution is -2.43. The van der Waals surface area contributed by atoms with Crippen LogP contribution in [0.5, 0.6) is 0 Å². The van der Waals surface area contributed by atoms with E-state index in [-0.39, 0.29) is 5.69 Å². The van der Waals surface area contributed by atoms with Crippen LogP contribution < -0.4 is 11.1 Å². The molecule has 10 nitrogen and oxygen atoms in total. The summed E-state index contributed by atoms with van der Waals surface area (Å²) in [5.41, 5.74) is 4.65. The van der Waals surface area contributed by atoms with Crippen LogP contribution in [-0.2, 0) is 9.59 Å². The Bertz CT molecular complexity index is 537. The number of hydrogen-bond acceptors (Lipinski definition) is 5. The highest BCUT2D eigenvalue weighted by Gasteiger charge is 2.25. The van der Waals surface area contributed by atoms with E-state index in [0.29, 0.717) is 0 Å². The number of carboxylic acids is 1. The number of hydrogen-bond donors (Lipinski definition) is 4. The van der Waals surface area contributed by atoms with Crippen LogP contribution >= 0.6 is 0 Å². The van der Waals surface area contributed by atoms with Gasteiger partial charge in [-0.05, 0) is 11.0 Å². The van der Waals surface area contributed by atoms with E-state index in [1.165, 1.54) is 0 Å². The molecular weight excluding hydrogens is 260 g/mol. The van der Waals surface area contributed by atoms with Crippen molar-refractivity contribution in [2.75, 3.05) is 0 Å². The number of aromatic amines is 1. The topological polar surface area (TPSA) is 168 Å². The zero-order valence-electron chi connectivity index (χ0n) is 9.45. The number of H-pyrrole nitrogens is 1. The third-order valence-electron chi connectivity index (χ3n) is 2.12. The summed E-state index contributed by atoms with van der Waals surface area (Å²) in [5.74, 6) is -3.63. The highest BCUT2D eigenvalue weighted by Crippen LogP contribution is 2.10. The van der Waals surface area contributed by atoms with Gasteiger partial charge in [-0.25, -0.2) is 9.78 Å². The van der Waals surface area contributed by atoms with Crippen molar-refractivity contribution < 1.29 is 24.4 Å². The zero-order valence-corrected chi connectivity index (χ0v) is 9.45. The number of amides is 2. The number of aromatic nitrogens is 1. The average molecular weight is 270 g/mol. The monoisotopic (exact) mass is 270 g/mol. The van der Waals surface area contributed by atoms with Crippen LogP contribution in [0.4, 0.5) is 5.82 Å². The van der Waals surface area contributed by atoms with Gasteiger partial charge in [-0.3, -0.25) is 9.59 Å². The molecule has 0 spiro atoms. The number of carboxylic acid groups (broad SMARTS) is 1. The summed E-state index contributed by atoms with van der Waals surface area (Å²) in [4.78, 5) is 44.9. The van der Waals surface area contributed by atoms with Crippen molar-refractivity contribution in [2.24, 2.45) is 5.73 Å². The van der Waals surface area contributed by atoms with Gasteiger partial charge in [0.05, 0.1) is 6.42 Å². The van der Waals surface area contributed by atoms with E-state index < -0.39 is 41.0 Å². The van der Waals surface area contributed by atoms with Gasteiger partial charge in [0.2, 0.25) is 5.91 Å². The number of rotatable bonds is 6. The van der Waals surface area contributed by atoms with Gasteiger partial charge in [-0.2, -0.15) is 0 Å². The van der Waals surface area contributed by atoms with Gasteiger partial charge in [-0.1, -0.05) is 0 Å². The summed E-state index contributed by atoms with van der Waals surface area (Å²) in [6.45, 7) is 0. The lowest BCUT2D eigenvalue weighted by atomic mass is 10.2. The van der Waals surface area contributed by atoms with Gasteiger partial charge >= 0.3 is 11.8 Å². The molecule has 1 atom stereocenters. The first-order valence-electron chi connectivity index (χ1n) is 4.96. The van der Waals surface area contributed by atoms with Gasteiger partial charge in [0.15, 0.2) is 5.69 Å². The summed E-state index contributed by atoms with van der Waals surface area (Å²) >= 11 is 0. The van der Waals surface area contributed by atoms with Crippen LogP contribution in [-0.4, -0.2) is 38.8 Å². The summed E-state index contributed by atoms with van der Waals surface area (Å²) in [6, 6.07) is 0.683. The molecule has 0 aliphatic carbocycles. The molecule has 1 aromatic rings. The van der Waals surface area contributed by atoms with Crippen LogP contribution in [0.15, 0.2) is 12.1 Å². The molecule has 0 saturated heterocycles. The molecule has 10 heteroatoms. The number of carbonyl (C=O) groups excluding carboxylic acids is 2. The molecular formula is C9H10N4O6. The van der Waals surface area contributed by atoms with E-state index in [2.05, 4.69) is 4.98 Å². The molecule has 19 heavy (non-hydrogen) atoms. The summed E-state index contributed by atoms with van der Waals surface area (Å²) in [7, 11) is 0. The molecule has 0 aromatic carbocycles. The summed E-state index contributed by atoms with van der Waals surface area (Å²) < 4.78 is 0. The smallest absolute Gasteiger partial charge is 0.326 e. The Hall–Kier alpha value is -2.91. The number of primary amides is 1. The quantitative estimate of drug-likeness (QED) is 0.381. The van der Waals surface area contributed by atoms with Gasteiger partial charge in [0.1, 0.15) is 6.04 Å². The van der Waals surface area contributed by atoms with E-state index in [0.717, 1.165) is 12.1 Å². The fourth-order valence-electron chi connectivity index (χ4n) is 1.26. The van der Waals surface area contributed by atoms with E-state index in [9.17, 15) is 24.5 Å². The van der Waals surface area contributed by atoms with Crippen molar-refractivity contribution in [2.45, 2.75) is 12.5 Å². The maximum atomic E-state index is 11.6. The summed E-state index contributed by atoms with van der Waals surface area (Å²) in [6.07, 6.45) is -0.579. The maximum Gasteiger partial charge on any atom is 0.326 e. The minimum absolute atomic E-state index is 0.192. The Morgan fingerprint density at radius 3 is 2.53 bits per heavy atom. The Morgan fingerprint density at radius 2 is 2.11 bits per heavy atom. The van der Waals surface area contributed by atoms with Gasteiger partial charge in [0.25, 0.3) is 5.91 Å². The molecule has 2 amide bonds. The molecule has 0 saturated carbocycles. The fourth-order valence-corrected chi connectivity index (χ4v) is 1.26. The Kier molecular flexibility index (Phi) is 4.19. The van der Waals surface area contributed by atoms with Gasteiger partial charge in [0, 0.05) is 6.07 Å². The Morgan fingerprint density at radius 1 is 1.47 bits per heavy atom. The predicted octanol–water partition coefficient (Wildman–Crippen LogP) is -1.02. The molecule has 102 valence electrons. The zero-order chi connectivity index (χ0) is 14.6. The Labute approximate surface area is 105 Å². The van der Waals surface area contributed by atoms with Gasteiger partial charge < -0.3 is 26.3 Å². The first kappa shape index (κ1) is 14.2. The van der Waals surface area contributed by atoms with E-state index in [4.69, 9.17) is 10.8 Å². The first-order valence-corrected chi connectivity index (χ1v) is 4.96. The number of nitrogens with two attached hydrogens (primary N) is 1. The number of nitrogens with one attached hydrogen (secondary N) is 2. The number of nitrogens with zero attached hydrogens (tertiary/aromatic N) is 1. The fraction of sp³-hybridized carbons (Fsp3) is 0.222. The summed E-state index contributed by atoms with van der Waals surface area (Å²) in [5, 5.41) is 21.2. The number of carbonyl (C=O) groups is 3. The third-order valence-corrected chi connectivity index (χ3v) is 2.12. The van der Waals surface area contributed by atoms with Crippen molar-refractivity contribution in [1.29, 1.82) is 0 Å². The second-order valence-electron chi connectivity index (χ2n) is 3.55. The van der Waals surface area contributed by atoms with Crippen LogP contribution in [0.25, 0.3) is 0 Å². The average Bonchev–Trinajstić information content (AvgIpc) is 2.76. The highest BCUT2D eigenvalue weighted by atomic mass is 16.6. The second kappa shape index (κ2) is 5.62. The molecule has 5 N–H and O–H groups in total. The van der Waals surface area contributed by atoms with Crippen molar-refractivity contribution in [1.82, 2.24) is 10.3 Å². The third kappa shape index (κ3) is 3.80. The standard InChI is InChI=1S/C9H10N4O6/c10-6(14)3-5(9(16)17)12-8(15)4-1-2-7(11-4)13(18)19/h1-2,5,11H,3H2,(H2,10,14)(H,12,15)(H,16,17)/t5-/m1/s1. The lowest BCUT2D eigenvalue weighted by molar-refractivity contribution is -0.389. The first-order chi connectivity index (χ1) is 8.81. The minimum atomic E-state index is -1.49. The van der Waals surface area contributed by atoms with Crippen molar-refractivity contribution >= 4 is 23.6 Å². The molecule has 0 radical (unpaired) electrons. The van der Waals surface area contributed by atoms with Crippen LogP contribution in [0, 0.1) is 10.1 Å². The highest BCUT2D eigenvalue weighted by molar-refractivity contribution is 5.96. The van der Waals surface area contributed by atoms with Crippen LogP contribution in [0.1, 0.15) is 16.9 Å². The normalized spacial score (nSPS) is 11.6. The predicted molar refractivity (Wildman–Crippen MR) is 60.1 cm³/mol. The SMILES string of the molecule is NC(=O)C[C@@H](NC(=O)c1ccc([N+](=O)[O-])[nH]1)C(=O)O. The Balaban J connectivity index is 2.78. The van der Waals surface area contributed by atoms with Gasteiger partial charge in [-0.15, -0.1) is 0 Å². The molecule has 0 bridgehead atoms. The van der Waals surface area contributed by atoms with Crippen LogP contribution in [0.2, 0.25) is 0 Å². The molecule has 0 unspecified atom stereocenters. The van der Waals surface area contributed by atoms with E-state index in [1.54, 1.807) is 0 Å². The largest absolute Gasteiger partial charge is 0.480 e. The van der Waals surface area contributed by atoms with Crippen molar-refractivity contribution in [3.63, 3.8) is 0 Å². The molecule has 0 aliphatic heterocycles. The van der Waals surface area contributed by atoms with E-state index >= 15 is 0 Å².